The molecule has 1 aromatic heterocycles. The Morgan fingerprint density at radius 2 is 2.22 bits per heavy atom. The Kier molecular flexibility index (Phi) is 4.66. The molecule has 0 spiro atoms. The van der Waals surface area contributed by atoms with E-state index in [9.17, 15) is 0 Å². The summed E-state index contributed by atoms with van der Waals surface area (Å²) in [5, 5.41) is 4.09. The molecule has 2 rings (SSSR count). The van der Waals surface area contributed by atoms with E-state index in [4.69, 9.17) is 5.84 Å². The van der Waals surface area contributed by atoms with Gasteiger partial charge in [0.15, 0.2) is 0 Å². The average Bonchev–Trinajstić information content (AvgIpc) is 2.89. The highest BCUT2D eigenvalue weighted by molar-refractivity contribution is 8.00. The summed E-state index contributed by atoms with van der Waals surface area (Å²) in [7, 11) is 0. The third-order valence-corrected chi connectivity index (χ3v) is 4.34. The minimum absolute atomic E-state index is 0.291. The third-order valence-electron chi connectivity index (χ3n) is 2.94. The van der Waals surface area contributed by atoms with Crippen LogP contribution in [-0.2, 0) is 0 Å². The van der Waals surface area contributed by atoms with Crippen LogP contribution in [0.3, 0.4) is 0 Å². The number of aromatic nitrogens is 2. The van der Waals surface area contributed by atoms with Crippen molar-refractivity contribution in [3.8, 4) is 0 Å². The Hall–Kier alpha value is -1.01. The van der Waals surface area contributed by atoms with Crippen LogP contribution in [0.5, 0.6) is 0 Å². The number of hydrogen-bond acceptors (Lipinski definition) is 6. The minimum atomic E-state index is 0.291. The molecule has 0 radical (unpaired) electrons. The number of rotatable bonds is 5. The van der Waals surface area contributed by atoms with E-state index in [2.05, 4.69) is 34.6 Å². The van der Waals surface area contributed by atoms with Gasteiger partial charge in [-0.3, -0.25) is 0 Å². The van der Waals surface area contributed by atoms with Crippen LogP contribution < -0.4 is 16.6 Å². The zero-order valence-electron chi connectivity index (χ0n) is 10.9. The van der Waals surface area contributed by atoms with E-state index in [0.717, 1.165) is 18.2 Å². The van der Waals surface area contributed by atoms with Crippen LogP contribution in [0.15, 0.2) is 6.07 Å². The predicted octanol–water partition coefficient (Wildman–Crippen LogP) is 2.19. The summed E-state index contributed by atoms with van der Waals surface area (Å²) in [6, 6.07) is 1.85. The molecule has 1 unspecified atom stereocenters. The topological polar surface area (TPSA) is 75.9 Å². The number of anilines is 2. The van der Waals surface area contributed by atoms with Gasteiger partial charge in [0.25, 0.3) is 0 Å². The Balaban J connectivity index is 2.03. The van der Waals surface area contributed by atoms with Gasteiger partial charge in [-0.05, 0) is 18.6 Å². The molecule has 0 bridgehead atoms. The van der Waals surface area contributed by atoms with Crippen molar-refractivity contribution in [2.75, 3.05) is 23.0 Å². The number of nitrogens with one attached hydrogen (secondary N) is 2. The standard InChI is InChI=1S/C12H21N5S/c1-8(2)12-15-10(6-11(16-12)17-13)14-7-9-4-3-5-18-9/h6,8-9H,3-5,7,13H2,1-2H3,(H2,14,15,16,17). The van der Waals surface area contributed by atoms with Crippen LogP contribution in [0, 0.1) is 0 Å². The fraction of sp³-hybridized carbons (Fsp3) is 0.667. The Labute approximate surface area is 112 Å². The van der Waals surface area contributed by atoms with E-state index in [1.165, 1.54) is 18.6 Å². The van der Waals surface area contributed by atoms with Crippen LogP contribution in [-0.4, -0.2) is 27.5 Å². The second-order valence-corrected chi connectivity index (χ2v) is 6.22. The fourth-order valence-electron chi connectivity index (χ4n) is 1.91. The van der Waals surface area contributed by atoms with E-state index in [1.54, 1.807) is 0 Å². The number of hydrogen-bond donors (Lipinski definition) is 3. The molecule has 0 aromatic carbocycles. The molecule has 100 valence electrons. The van der Waals surface area contributed by atoms with Crippen molar-refractivity contribution in [2.24, 2.45) is 5.84 Å². The van der Waals surface area contributed by atoms with E-state index in [0.29, 0.717) is 17.0 Å². The number of hydrazine groups is 1. The summed E-state index contributed by atoms with van der Waals surface area (Å²) >= 11 is 2.04. The van der Waals surface area contributed by atoms with Crippen LogP contribution in [0.4, 0.5) is 11.6 Å². The van der Waals surface area contributed by atoms with Crippen molar-refractivity contribution in [1.29, 1.82) is 0 Å². The van der Waals surface area contributed by atoms with E-state index in [-0.39, 0.29) is 0 Å². The van der Waals surface area contributed by atoms with Gasteiger partial charge in [-0.15, -0.1) is 0 Å². The highest BCUT2D eigenvalue weighted by Gasteiger charge is 2.15. The van der Waals surface area contributed by atoms with Gasteiger partial charge in [0.1, 0.15) is 17.5 Å². The number of nitrogen functional groups attached to an aromatic ring is 1. The zero-order chi connectivity index (χ0) is 13.0. The SMILES string of the molecule is CC(C)c1nc(NN)cc(NCC2CCCS2)n1. The number of thioether (sulfide) groups is 1. The van der Waals surface area contributed by atoms with Gasteiger partial charge in [-0.1, -0.05) is 13.8 Å². The van der Waals surface area contributed by atoms with Gasteiger partial charge < -0.3 is 10.7 Å². The molecule has 18 heavy (non-hydrogen) atoms. The Bertz CT molecular complexity index is 390. The van der Waals surface area contributed by atoms with Crippen LogP contribution >= 0.6 is 11.8 Å². The van der Waals surface area contributed by atoms with Crippen molar-refractivity contribution in [2.45, 2.75) is 37.9 Å². The first-order valence-corrected chi connectivity index (χ1v) is 7.45. The highest BCUT2D eigenvalue weighted by Crippen LogP contribution is 2.26. The molecule has 5 nitrogen and oxygen atoms in total. The molecule has 1 saturated heterocycles. The van der Waals surface area contributed by atoms with Crippen molar-refractivity contribution >= 4 is 23.4 Å². The quantitative estimate of drug-likeness (QED) is 0.561. The summed E-state index contributed by atoms with van der Waals surface area (Å²) in [4.78, 5) is 8.85. The van der Waals surface area contributed by atoms with Gasteiger partial charge in [0, 0.05) is 23.8 Å². The maximum absolute atomic E-state index is 5.43. The third kappa shape index (κ3) is 3.49. The van der Waals surface area contributed by atoms with Crippen LogP contribution in [0.25, 0.3) is 0 Å². The lowest BCUT2D eigenvalue weighted by Crippen LogP contribution is -2.17. The lowest BCUT2D eigenvalue weighted by atomic mass is 10.2. The first-order valence-electron chi connectivity index (χ1n) is 6.40. The molecule has 2 heterocycles. The molecular formula is C12H21N5S. The summed E-state index contributed by atoms with van der Waals surface area (Å²) in [6.07, 6.45) is 2.62. The first-order chi connectivity index (χ1) is 8.69. The summed E-state index contributed by atoms with van der Waals surface area (Å²) in [5.41, 5.74) is 2.59. The molecule has 1 aliphatic heterocycles. The first kappa shape index (κ1) is 13.4. The van der Waals surface area contributed by atoms with E-state index in [1.807, 2.05) is 17.8 Å². The van der Waals surface area contributed by atoms with Crippen molar-refractivity contribution < 1.29 is 0 Å². The highest BCUT2D eigenvalue weighted by atomic mass is 32.2. The summed E-state index contributed by atoms with van der Waals surface area (Å²) in [6.45, 7) is 5.11. The fourth-order valence-corrected chi connectivity index (χ4v) is 3.11. The van der Waals surface area contributed by atoms with Crippen LogP contribution in [0.2, 0.25) is 0 Å². The molecule has 1 atom stereocenters. The van der Waals surface area contributed by atoms with Crippen molar-refractivity contribution in [3.05, 3.63) is 11.9 Å². The minimum Gasteiger partial charge on any atom is -0.369 e. The van der Waals surface area contributed by atoms with Gasteiger partial charge >= 0.3 is 0 Å². The lowest BCUT2D eigenvalue weighted by Gasteiger charge is -2.13. The molecular weight excluding hydrogens is 246 g/mol. The maximum Gasteiger partial charge on any atom is 0.145 e. The molecule has 1 aliphatic rings. The molecule has 6 heteroatoms. The van der Waals surface area contributed by atoms with E-state index >= 15 is 0 Å². The van der Waals surface area contributed by atoms with Gasteiger partial charge in [-0.2, -0.15) is 11.8 Å². The number of nitrogens with two attached hydrogens (primary N) is 1. The van der Waals surface area contributed by atoms with E-state index < -0.39 is 0 Å². The largest absolute Gasteiger partial charge is 0.369 e. The second kappa shape index (κ2) is 6.24. The predicted molar refractivity (Wildman–Crippen MR) is 77.9 cm³/mol. The summed E-state index contributed by atoms with van der Waals surface area (Å²) < 4.78 is 0. The summed E-state index contributed by atoms with van der Waals surface area (Å²) in [5.74, 6) is 9.34. The Morgan fingerprint density at radius 3 is 2.83 bits per heavy atom. The average molecular weight is 267 g/mol. The molecule has 0 aliphatic carbocycles. The molecule has 0 amide bonds. The zero-order valence-corrected chi connectivity index (χ0v) is 11.8. The van der Waals surface area contributed by atoms with Crippen molar-refractivity contribution in [1.82, 2.24) is 9.97 Å². The molecule has 4 N–H and O–H groups in total. The molecule has 0 saturated carbocycles. The van der Waals surface area contributed by atoms with Crippen LogP contribution in [0.1, 0.15) is 38.4 Å². The monoisotopic (exact) mass is 267 g/mol. The molecule has 1 aromatic rings. The normalized spacial score (nSPS) is 19.2. The van der Waals surface area contributed by atoms with Gasteiger partial charge in [0.2, 0.25) is 0 Å². The van der Waals surface area contributed by atoms with Gasteiger partial charge in [-0.25, -0.2) is 15.8 Å². The smallest absolute Gasteiger partial charge is 0.145 e. The Morgan fingerprint density at radius 1 is 1.44 bits per heavy atom. The van der Waals surface area contributed by atoms with Gasteiger partial charge in [0.05, 0.1) is 0 Å². The molecule has 1 fully saturated rings. The lowest BCUT2D eigenvalue weighted by molar-refractivity contribution is 0.769. The maximum atomic E-state index is 5.43. The number of nitrogens with zero attached hydrogens (tertiary/aromatic N) is 2. The van der Waals surface area contributed by atoms with Crippen molar-refractivity contribution in [3.63, 3.8) is 0 Å². The second-order valence-electron chi connectivity index (χ2n) is 4.81.